The van der Waals surface area contributed by atoms with Gasteiger partial charge >= 0.3 is 5.97 Å². The Hall–Kier alpha value is -3.94. The van der Waals surface area contributed by atoms with Crippen molar-refractivity contribution in [2.24, 2.45) is 0 Å². The molecule has 0 aliphatic rings. The fraction of sp³-hybridized carbons (Fsp3) is 0.250. The Morgan fingerprint density at radius 2 is 1.81 bits per heavy atom. The number of furan rings is 1. The lowest BCUT2D eigenvalue weighted by Crippen LogP contribution is -2.37. The zero-order chi connectivity index (χ0) is 23.0. The van der Waals surface area contributed by atoms with Crippen LogP contribution in [-0.2, 0) is 9.53 Å². The molecule has 1 atom stereocenters. The first-order valence-electron chi connectivity index (χ1n) is 10.1. The summed E-state index contributed by atoms with van der Waals surface area (Å²) in [6.07, 6.45) is -1.00. The van der Waals surface area contributed by atoms with E-state index in [0.717, 1.165) is 11.3 Å². The monoisotopic (exact) mass is 433 g/mol. The summed E-state index contributed by atoms with van der Waals surface area (Å²) in [5.74, 6) is 0.377. The van der Waals surface area contributed by atoms with Crippen molar-refractivity contribution in [3.05, 3.63) is 65.2 Å². The smallest absolute Gasteiger partial charge is 0.339 e. The highest BCUT2D eigenvalue weighted by Crippen LogP contribution is 2.31. The van der Waals surface area contributed by atoms with Gasteiger partial charge in [-0.25, -0.2) is 9.78 Å². The number of aryl methyl sites for hydroxylation is 3. The number of carbonyl (C=O) groups is 2. The summed E-state index contributed by atoms with van der Waals surface area (Å²) >= 11 is 0. The van der Waals surface area contributed by atoms with E-state index in [1.807, 2.05) is 38.1 Å². The predicted octanol–water partition coefficient (Wildman–Crippen LogP) is 4.62. The molecule has 8 nitrogen and oxygen atoms in total. The van der Waals surface area contributed by atoms with Crippen molar-refractivity contribution in [3.8, 4) is 11.3 Å². The van der Waals surface area contributed by atoms with Crippen LogP contribution >= 0.6 is 0 Å². The molecule has 4 rings (SSSR count). The first kappa shape index (κ1) is 21.3. The summed E-state index contributed by atoms with van der Waals surface area (Å²) in [7, 11) is 1.64. The van der Waals surface area contributed by atoms with Gasteiger partial charge < -0.3 is 18.6 Å². The number of amides is 1. The van der Waals surface area contributed by atoms with Crippen LogP contribution in [-0.4, -0.2) is 35.2 Å². The van der Waals surface area contributed by atoms with Crippen LogP contribution in [0, 0.1) is 20.8 Å². The summed E-state index contributed by atoms with van der Waals surface area (Å²) in [5, 5.41) is 4.39. The van der Waals surface area contributed by atoms with E-state index < -0.39 is 12.1 Å². The van der Waals surface area contributed by atoms with E-state index >= 15 is 0 Å². The minimum atomic E-state index is -1.00. The van der Waals surface area contributed by atoms with Gasteiger partial charge in [-0.3, -0.25) is 4.79 Å². The van der Waals surface area contributed by atoms with Crippen LogP contribution in [0.1, 0.15) is 34.5 Å². The Morgan fingerprint density at radius 1 is 1.09 bits per heavy atom. The van der Waals surface area contributed by atoms with Crippen LogP contribution in [0.25, 0.3) is 22.4 Å². The highest BCUT2D eigenvalue weighted by Gasteiger charge is 2.27. The van der Waals surface area contributed by atoms with Crippen LogP contribution < -0.4 is 4.90 Å². The second-order valence-corrected chi connectivity index (χ2v) is 7.61. The van der Waals surface area contributed by atoms with Crippen LogP contribution in [0.15, 0.2) is 51.4 Å². The molecule has 0 bridgehead atoms. The summed E-state index contributed by atoms with van der Waals surface area (Å²) in [5.41, 5.74) is 2.88. The van der Waals surface area contributed by atoms with Crippen LogP contribution in [0.3, 0.4) is 0 Å². The molecule has 4 aromatic rings. The lowest BCUT2D eigenvalue weighted by atomic mass is 10.1. The van der Waals surface area contributed by atoms with Crippen LogP contribution in [0.4, 0.5) is 5.69 Å². The Kier molecular flexibility index (Phi) is 5.52. The number of anilines is 1. The van der Waals surface area contributed by atoms with Crippen molar-refractivity contribution in [2.75, 3.05) is 11.9 Å². The average molecular weight is 433 g/mol. The van der Waals surface area contributed by atoms with Crippen molar-refractivity contribution < 1.29 is 23.3 Å². The van der Waals surface area contributed by atoms with Gasteiger partial charge in [-0.05, 0) is 52.0 Å². The maximum atomic E-state index is 13.1. The zero-order valence-corrected chi connectivity index (χ0v) is 18.5. The van der Waals surface area contributed by atoms with Crippen molar-refractivity contribution in [2.45, 2.75) is 33.8 Å². The fourth-order valence-electron chi connectivity index (χ4n) is 3.60. The molecular weight excluding hydrogens is 410 g/mol. The molecule has 0 saturated carbocycles. The van der Waals surface area contributed by atoms with Gasteiger partial charge in [0.25, 0.3) is 11.6 Å². The number of carbonyl (C=O) groups excluding carboxylic acids is 2. The molecule has 0 fully saturated rings. The first-order chi connectivity index (χ1) is 15.3. The van der Waals surface area contributed by atoms with Gasteiger partial charge in [0, 0.05) is 18.3 Å². The minimum absolute atomic E-state index is 0.214. The van der Waals surface area contributed by atoms with Gasteiger partial charge in [0.1, 0.15) is 11.5 Å². The van der Waals surface area contributed by atoms with Crippen LogP contribution in [0.5, 0.6) is 0 Å². The molecule has 0 radical (unpaired) electrons. The fourth-order valence-corrected chi connectivity index (χ4v) is 3.60. The molecule has 1 aromatic carbocycles. The molecule has 1 unspecified atom stereocenters. The number of esters is 1. The number of nitrogens with zero attached hydrogens (tertiary/aromatic N) is 3. The molecule has 1 amide bonds. The molecule has 0 N–H and O–H groups in total. The first-order valence-corrected chi connectivity index (χ1v) is 10.1. The van der Waals surface area contributed by atoms with E-state index in [0.29, 0.717) is 28.2 Å². The number of ether oxygens (including phenoxy) is 1. The molecule has 164 valence electrons. The number of rotatable bonds is 5. The molecule has 0 spiro atoms. The zero-order valence-electron chi connectivity index (χ0n) is 18.5. The molecule has 0 aliphatic carbocycles. The summed E-state index contributed by atoms with van der Waals surface area (Å²) in [6, 6.07) is 12.6. The number of fused-ring (bicyclic) bond motifs is 1. The van der Waals surface area contributed by atoms with Gasteiger partial charge in [0.2, 0.25) is 0 Å². The molecular formula is C24H23N3O5. The quantitative estimate of drug-likeness (QED) is 0.424. The maximum Gasteiger partial charge on any atom is 0.339 e. The second-order valence-electron chi connectivity index (χ2n) is 7.61. The van der Waals surface area contributed by atoms with Gasteiger partial charge in [0.15, 0.2) is 6.10 Å². The SMILES string of the molecule is Cc1cc(-c2cc(C(=O)OC(C)C(=O)N(C)c3ccccc3)c3c(C)noc3n2)c(C)o1. The standard InChI is InChI=1S/C24H23N3O5/c1-13-11-18(15(3)30-13)20-12-19(21-14(2)26-32-22(21)25-20)24(29)31-16(4)23(28)27(5)17-9-7-6-8-10-17/h6-12,16H,1-5H3. The van der Waals surface area contributed by atoms with Crippen molar-refractivity contribution in [1.29, 1.82) is 0 Å². The number of hydrogen-bond donors (Lipinski definition) is 0. The third-order valence-electron chi connectivity index (χ3n) is 5.26. The van der Waals surface area contributed by atoms with E-state index in [2.05, 4.69) is 10.1 Å². The maximum absolute atomic E-state index is 13.1. The molecule has 0 saturated heterocycles. The van der Waals surface area contributed by atoms with E-state index in [1.165, 1.54) is 4.90 Å². The number of likely N-dealkylation sites (N-methyl/N-ethyl adjacent to an activating group) is 1. The Labute approximate surface area is 184 Å². The summed E-state index contributed by atoms with van der Waals surface area (Å²) in [6.45, 7) is 6.91. The topological polar surface area (TPSA) is 98.7 Å². The lowest BCUT2D eigenvalue weighted by molar-refractivity contribution is -0.126. The molecule has 3 aromatic heterocycles. The Morgan fingerprint density at radius 3 is 2.47 bits per heavy atom. The van der Waals surface area contributed by atoms with E-state index in [1.54, 1.807) is 39.1 Å². The molecule has 0 aliphatic heterocycles. The number of para-hydroxylation sites is 1. The summed E-state index contributed by atoms with van der Waals surface area (Å²) < 4.78 is 16.5. The predicted molar refractivity (Wildman–Crippen MR) is 118 cm³/mol. The number of hydrogen-bond acceptors (Lipinski definition) is 7. The van der Waals surface area contributed by atoms with E-state index in [4.69, 9.17) is 13.7 Å². The largest absolute Gasteiger partial charge is 0.466 e. The summed E-state index contributed by atoms with van der Waals surface area (Å²) in [4.78, 5) is 31.9. The Bertz CT molecular complexity index is 1310. The Balaban J connectivity index is 1.66. The highest BCUT2D eigenvalue weighted by molar-refractivity contribution is 6.06. The highest BCUT2D eigenvalue weighted by atomic mass is 16.5. The number of aromatic nitrogens is 2. The van der Waals surface area contributed by atoms with Crippen molar-refractivity contribution in [3.63, 3.8) is 0 Å². The van der Waals surface area contributed by atoms with Gasteiger partial charge in [-0.1, -0.05) is 23.4 Å². The number of pyridine rings is 1. The van der Waals surface area contributed by atoms with E-state index in [9.17, 15) is 9.59 Å². The molecule has 32 heavy (non-hydrogen) atoms. The minimum Gasteiger partial charge on any atom is -0.466 e. The van der Waals surface area contributed by atoms with Crippen molar-refractivity contribution in [1.82, 2.24) is 10.1 Å². The van der Waals surface area contributed by atoms with Crippen molar-refractivity contribution >= 4 is 28.7 Å². The third kappa shape index (κ3) is 3.87. The molecule has 3 heterocycles. The second kappa shape index (κ2) is 8.30. The lowest BCUT2D eigenvalue weighted by Gasteiger charge is -2.21. The van der Waals surface area contributed by atoms with Gasteiger partial charge in [0.05, 0.1) is 22.3 Å². The number of benzene rings is 1. The normalized spacial score (nSPS) is 12.0. The van der Waals surface area contributed by atoms with Gasteiger partial charge in [-0.2, -0.15) is 0 Å². The molecule has 8 heteroatoms. The third-order valence-corrected chi connectivity index (χ3v) is 5.26. The average Bonchev–Trinajstić information content (AvgIpc) is 3.33. The van der Waals surface area contributed by atoms with Crippen LogP contribution in [0.2, 0.25) is 0 Å². The van der Waals surface area contributed by atoms with E-state index in [-0.39, 0.29) is 17.2 Å². The van der Waals surface area contributed by atoms with Gasteiger partial charge in [-0.15, -0.1) is 0 Å².